The Balaban J connectivity index is 2.29. The van der Waals surface area contributed by atoms with Crippen molar-refractivity contribution in [2.24, 2.45) is 0 Å². The second-order valence-electron chi connectivity index (χ2n) is 3.70. The molecule has 0 atom stereocenters. The van der Waals surface area contributed by atoms with Crippen LogP contribution in [0.4, 0.5) is 17.6 Å². The van der Waals surface area contributed by atoms with Gasteiger partial charge in [0.25, 0.3) is 0 Å². The van der Waals surface area contributed by atoms with Crippen LogP contribution < -0.4 is 15.4 Å². The summed E-state index contributed by atoms with van der Waals surface area (Å²) in [7, 11) is 1.73. The first-order valence-corrected chi connectivity index (χ1v) is 7.36. The predicted octanol–water partition coefficient (Wildman–Crippen LogP) is 3.31. The van der Waals surface area contributed by atoms with Gasteiger partial charge < -0.3 is 15.4 Å². The molecule has 2 N–H and O–H groups in total. The Morgan fingerprint density at radius 2 is 2.00 bits per heavy atom. The Morgan fingerprint density at radius 1 is 1.25 bits per heavy atom. The van der Waals surface area contributed by atoms with Crippen LogP contribution in [0.5, 0.6) is 6.01 Å². The van der Waals surface area contributed by atoms with Crippen LogP contribution in [-0.4, -0.2) is 28.6 Å². The zero-order chi connectivity index (χ0) is 14.5. The summed E-state index contributed by atoms with van der Waals surface area (Å²) in [6, 6.07) is 5.93. The van der Waals surface area contributed by atoms with Gasteiger partial charge in [0.2, 0.25) is 11.9 Å². The molecule has 0 bridgehead atoms. The molecule has 0 spiro atoms. The second kappa shape index (κ2) is 6.89. The van der Waals surface area contributed by atoms with Crippen LogP contribution in [0, 0.1) is 3.57 Å². The number of anilines is 3. The van der Waals surface area contributed by atoms with Gasteiger partial charge in [0, 0.05) is 10.6 Å². The number of benzene rings is 1. The van der Waals surface area contributed by atoms with Gasteiger partial charge in [0.05, 0.1) is 17.3 Å². The highest BCUT2D eigenvalue weighted by atomic mass is 127. The molecule has 0 amide bonds. The smallest absolute Gasteiger partial charge is 0.323 e. The molecular formula is C12H13ClIN5O. The van der Waals surface area contributed by atoms with Crippen molar-refractivity contribution in [1.29, 1.82) is 0 Å². The van der Waals surface area contributed by atoms with Crippen LogP contribution in [-0.2, 0) is 0 Å². The Morgan fingerprint density at radius 3 is 2.65 bits per heavy atom. The maximum Gasteiger partial charge on any atom is 0.323 e. The lowest BCUT2D eigenvalue weighted by Gasteiger charge is -2.10. The summed E-state index contributed by atoms with van der Waals surface area (Å²) >= 11 is 8.37. The lowest BCUT2D eigenvalue weighted by molar-refractivity contribution is 0.312. The quantitative estimate of drug-likeness (QED) is 0.744. The molecule has 0 radical (unpaired) electrons. The van der Waals surface area contributed by atoms with Gasteiger partial charge in [0.15, 0.2) is 0 Å². The summed E-state index contributed by atoms with van der Waals surface area (Å²) in [5, 5.41) is 6.51. The normalized spacial score (nSPS) is 10.2. The topological polar surface area (TPSA) is 72.0 Å². The number of rotatable bonds is 5. The standard InChI is InChI=1S/C12H13ClIN5O/c1-3-20-12-18-10(15-2)17-11(19-12)16-9-5-4-7(14)6-8(9)13/h4-6H,3H2,1-2H3,(H2,15,16,17,18,19). The number of halogens is 2. The van der Waals surface area contributed by atoms with Crippen molar-refractivity contribution >= 4 is 51.8 Å². The molecule has 1 aromatic carbocycles. The van der Waals surface area contributed by atoms with Gasteiger partial charge >= 0.3 is 6.01 Å². The molecule has 0 saturated carbocycles. The highest BCUT2D eigenvalue weighted by Gasteiger charge is 2.08. The van der Waals surface area contributed by atoms with Crippen molar-refractivity contribution in [1.82, 2.24) is 15.0 Å². The molecule has 0 aliphatic rings. The van der Waals surface area contributed by atoms with Crippen molar-refractivity contribution in [3.05, 3.63) is 26.8 Å². The van der Waals surface area contributed by atoms with Crippen molar-refractivity contribution in [2.45, 2.75) is 6.92 Å². The fourth-order valence-corrected chi connectivity index (χ4v) is 2.33. The Labute approximate surface area is 135 Å². The van der Waals surface area contributed by atoms with E-state index in [1.54, 1.807) is 7.05 Å². The summed E-state index contributed by atoms with van der Waals surface area (Å²) in [6.45, 7) is 2.35. The Hall–Kier alpha value is -1.35. The van der Waals surface area contributed by atoms with Crippen molar-refractivity contribution in [3.8, 4) is 6.01 Å². The maximum atomic E-state index is 6.17. The fourth-order valence-electron chi connectivity index (χ4n) is 1.43. The van der Waals surface area contributed by atoms with E-state index in [0.717, 1.165) is 9.26 Å². The van der Waals surface area contributed by atoms with Gasteiger partial charge in [-0.05, 0) is 47.7 Å². The molecule has 8 heteroatoms. The van der Waals surface area contributed by atoms with E-state index in [9.17, 15) is 0 Å². The first kappa shape index (κ1) is 15.0. The van der Waals surface area contributed by atoms with Crippen molar-refractivity contribution in [2.75, 3.05) is 24.3 Å². The first-order valence-electron chi connectivity index (χ1n) is 5.91. The van der Waals surface area contributed by atoms with E-state index >= 15 is 0 Å². The molecule has 106 valence electrons. The zero-order valence-corrected chi connectivity index (χ0v) is 13.9. The zero-order valence-electron chi connectivity index (χ0n) is 10.9. The average Bonchev–Trinajstić information content (AvgIpc) is 2.42. The average molecular weight is 406 g/mol. The summed E-state index contributed by atoms with van der Waals surface area (Å²) in [4.78, 5) is 12.5. The molecule has 20 heavy (non-hydrogen) atoms. The largest absolute Gasteiger partial charge is 0.464 e. The highest BCUT2D eigenvalue weighted by Crippen LogP contribution is 2.26. The number of ether oxygens (including phenoxy) is 1. The molecular weight excluding hydrogens is 393 g/mol. The molecule has 6 nitrogen and oxygen atoms in total. The van der Waals surface area contributed by atoms with Gasteiger partial charge in [-0.3, -0.25) is 0 Å². The minimum absolute atomic E-state index is 0.260. The van der Waals surface area contributed by atoms with E-state index in [-0.39, 0.29) is 6.01 Å². The number of nitrogens with one attached hydrogen (secondary N) is 2. The SMILES string of the molecule is CCOc1nc(NC)nc(Nc2ccc(I)cc2Cl)n1. The predicted molar refractivity (Wildman–Crippen MR) is 88.0 cm³/mol. The van der Waals surface area contributed by atoms with Gasteiger partial charge in [-0.15, -0.1) is 0 Å². The third-order valence-corrected chi connectivity index (χ3v) is 3.27. The van der Waals surface area contributed by atoms with E-state index < -0.39 is 0 Å². The molecule has 2 rings (SSSR count). The van der Waals surface area contributed by atoms with Gasteiger partial charge in [0.1, 0.15) is 0 Å². The van der Waals surface area contributed by atoms with Crippen LogP contribution in [0.2, 0.25) is 5.02 Å². The van der Waals surface area contributed by atoms with E-state index in [1.807, 2.05) is 25.1 Å². The van der Waals surface area contributed by atoms with Crippen molar-refractivity contribution in [3.63, 3.8) is 0 Å². The second-order valence-corrected chi connectivity index (χ2v) is 5.35. The minimum Gasteiger partial charge on any atom is -0.464 e. The summed E-state index contributed by atoms with van der Waals surface area (Å²) in [5.41, 5.74) is 0.725. The summed E-state index contributed by atoms with van der Waals surface area (Å²) < 4.78 is 6.35. The Kier molecular flexibility index (Phi) is 5.18. The molecule has 0 unspecified atom stereocenters. The molecule has 0 saturated heterocycles. The maximum absolute atomic E-state index is 6.17. The number of hydrogen-bond donors (Lipinski definition) is 2. The molecule has 0 aliphatic carbocycles. The van der Waals surface area contributed by atoms with Crippen molar-refractivity contribution < 1.29 is 4.74 Å². The van der Waals surface area contributed by atoms with Gasteiger partial charge in [-0.25, -0.2) is 0 Å². The first-order chi connectivity index (χ1) is 9.62. The van der Waals surface area contributed by atoms with Crippen LogP contribution in [0.1, 0.15) is 6.92 Å². The third-order valence-electron chi connectivity index (χ3n) is 2.29. The molecule has 1 aromatic heterocycles. The molecule has 0 aliphatic heterocycles. The van der Waals surface area contributed by atoms with Gasteiger partial charge in [-0.2, -0.15) is 15.0 Å². The Bertz CT molecular complexity index is 610. The lowest BCUT2D eigenvalue weighted by Crippen LogP contribution is -2.07. The van der Waals surface area contributed by atoms with Crippen LogP contribution in [0.3, 0.4) is 0 Å². The third kappa shape index (κ3) is 3.83. The monoisotopic (exact) mass is 405 g/mol. The lowest BCUT2D eigenvalue weighted by atomic mass is 10.3. The summed E-state index contributed by atoms with van der Waals surface area (Å²) in [5.74, 6) is 0.795. The number of nitrogens with zero attached hydrogens (tertiary/aromatic N) is 3. The highest BCUT2D eigenvalue weighted by molar-refractivity contribution is 14.1. The minimum atomic E-state index is 0.260. The van der Waals surface area contributed by atoms with E-state index in [0.29, 0.717) is 23.5 Å². The fraction of sp³-hybridized carbons (Fsp3) is 0.250. The van der Waals surface area contributed by atoms with Crippen LogP contribution in [0.15, 0.2) is 18.2 Å². The number of aromatic nitrogens is 3. The van der Waals surface area contributed by atoms with E-state index in [4.69, 9.17) is 16.3 Å². The van der Waals surface area contributed by atoms with Crippen LogP contribution >= 0.6 is 34.2 Å². The van der Waals surface area contributed by atoms with E-state index in [1.165, 1.54) is 0 Å². The molecule has 2 aromatic rings. The van der Waals surface area contributed by atoms with E-state index in [2.05, 4.69) is 48.2 Å². The number of hydrogen-bond acceptors (Lipinski definition) is 6. The van der Waals surface area contributed by atoms with Crippen LogP contribution in [0.25, 0.3) is 0 Å². The molecule has 0 fully saturated rings. The van der Waals surface area contributed by atoms with Gasteiger partial charge in [-0.1, -0.05) is 11.6 Å². The molecule has 1 heterocycles. The summed E-state index contributed by atoms with van der Waals surface area (Å²) in [6.07, 6.45) is 0.